The Bertz CT molecular complexity index is 261. The molecular weight excluding hydrogens is 154 g/mol. The van der Waals surface area contributed by atoms with Crippen molar-refractivity contribution in [3.63, 3.8) is 0 Å². The van der Waals surface area contributed by atoms with Crippen LogP contribution in [0.4, 0.5) is 0 Å². The van der Waals surface area contributed by atoms with Crippen molar-refractivity contribution in [2.45, 2.75) is 32.5 Å². The molecular formula is C9H13NO2. The maximum Gasteiger partial charge on any atom is 0.212 e. The molecule has 2 rings (SSSR count). The Hall–Kier alpha value is -0.800. The summed E-state index contributed by atoms with van der Waals surface area (Å²) in [5.41, 5.74) is 0.0530. The fourth-order valence-corrected chi connectivity index (χ4v) is 1.19. The van der Waals surface area contributed by atoms with Crippen LogP contribution in [-0.4, -0.2) is 10.6 Å². The average Bonchev–Trinajstić information content (AvgIpc) is 2.60. The molecule has 1 aliphatic rings. The normalized spacial score (nSPS) is 28.9. The Labute approximate surface area is 71.9 Å². The third-order valence-electron chi connectivity index (χ3n) is 1.83. The van der Waals surface area contributed by atoms with Gasteiger partial charge >= 0.3 is 0 Å². The first-order chi connectivity index (χ1) is 5.59. The Morgan fingerprint density at radius 2 is 2.17 bits per heavy atom. The minimum atomic E-state index is 0.0278. The molecule has 0 amide bonds. The van der Waals surface area contributed by atoms with Crippen LogP contribution in [0.25, 0.3) is 0 Å². The fraction of sp³-hybridized carbons (Fsp3) is 0.556. The number of hydrogen-bond donors (Lipinski definition) is 0. The van der Waals surface area contributed by atoms with E-state index in [-0.39, 0.29) is 11.8 Å². The summed E-state index contributed by atoms with van der Waals surface area (Å²) in [7, 11) is 0. The molecule has 0 saturated carbocycles. The maximum absolute atomic E-state index is 5.37. The molecule has 2 atom stereocenters. The summed E-state index contributed by atoms with van der Waals surface area (Å²) in [4.78, 5) is 5.37. The first kappa shape index (κ1) is 7.83. The van der Waals surface area contributed by atoms with Crippen LogP contribution in [0.3, 0.4) is 0 Å². The lowest BCUT2D eigenvalue weighted by Gasteiger charge is -2.15. The summed E-state index contributed by atoms with van der Waals surface area (Å²) in [6, 6.07) is 3.80. The van der Waals surface area contributed by atoms with Crippen molar-refractivity contribution >= 4 is 0 Å². The van der Waals surface area contributed by atoms with Crippen LogP contribution in [0.2, 0.25) is 0 Å². The number of nitrogens with zero attached hydrogens (tertiary/aromatic N) is 1. The highest BCUT2D eigenvalue weighted by Crippen LogP contribution is 2.43. The van der Waals surface area contributed by atoms with Crippen molar-refractivity contribution in [1.29, 1.82) is 0 Å². The van der Waals surface area contributed by atoms with Crippen LogP contribution >= 0.6 is 0 Å². The predicted octanol–water partition coefficient (Wildman–Crippen LogP) is 2.32. The molecule has 0 aliphatic carbocycles. The van der Waals surface area contributed by atoms with Gasteiger partial charge < -0.3 is 4.42 Å². The molecule has 0 aromatic carbocycles. The quantitative estimate of drug-likeness (QED) is 0.601. The first-order valence-electron chi connectivity index (χ1n) is 4.08. The van der Waals surface area contributed by atoms with Gasteiger partial charge in [-0.3, -0.25) is 4.84 Å². The van der Waals surface area contributed by atoms with E-state index in [9.17, 15) is 0 Å². The molecule has 12 heavy (non-hydrogen) atoms. The van der Waals surface area contributed by atoms with Crippen LogP contribution in [0.1, 0.15) is 32.8 Å². The molecule has 1 aromatic heterocycles. The lowest BCUT2D eigenvalue weighted by atomic mass is 10.1. The Morgan fingerprint density at radius 3 is 2.58 bits per heavy atom. The van der Waals surface area contributed by atoms with Crippen LogP contribution in [0.15, 0.2) is 22.8 Å². The second kappa shape index (κ2) is 2.34. The van der Waals surface area contributed by atoms with Gasteiger partial charge in [0.2, 0.25) is 6.23 Å². The van der Waals surface area contributed by atoms with E-state index in [1.807, 2.05) is 17.2 Å². The molecule has 0 bridgehead atoms. The maximum atomic E-state index is 5.37. The van der Waals surface area contributed by atoms with E-state index in [1.165, 1.54) is 0 Å². The molecule has 0 N–H and O–H groups in total. The van der Waals surface area contributed by atoms with Crippen LogP contribution in [-0.2, 0) is 4.84 Å². The van der Waals surface area contributed by atoms with Crippen LogP contribution < -0.4 is 0 Å². The van der Waals surface area contributed by atoms with Gasteiger partial charge in [-0.05, 0) is 32.9 Å². The van der Waals surface area contributed by atoms with Gasteiger partial charge in [0.25, 0.3) is 0 Å². The monoisotopic (exact) mass is 167 g/mol. The van der Waals surface area contributed by atoms with Gasteiger partial charge in [-0.1, -0.05) is 0 Å². The van der Waals surface area contributed by atoms with Crippen LogP contribution in [0, 0.1) is 0 Å². The topological polar surface area (TPSA) is 28.7 Å². The van der Waals surface area contributed by atoms with E-state index in [0.29, 0.717) is 0 Å². The molecule has 0 spiro atoms. The molecule has 1 saturated heterocycles. The van der Waals surface area contributed by atoms with Crippen LogP contribution in [0.5, 0.6) is 0 Å². The van der Waals surface area contributed by atoms with E-state index < -0.39 is 0 Å². The molecule has 2 heterocycles. The third-order valence-corrected chi connectivity index (χ3v) is 1.83. The molecule has 1 fully saturated rings. The van der Waals surface area contributed by atoms with Crippen molar-refractivity contribution in [2.75, 3.05) is 0 Å². The zero-order valence-electron chi connectivity index (χ0n) is 7.57. The van der Waals surface area contributed by atoms with Gasteiger partial charge in [-0.25, -0.2) is 0 Å². The van der Waals surface area contributed by atoms with Crippen molar-refractivity contribution in [1.82, 2.24) is 5.06 Å². The summed E-state index contributed by atoms with van der Waals surface area (Å²) in [5.74, 6) is 0.880. The van der Waals surface area contributed by atoms with E-state index in [4.69, 9.17) is 9.25 Å². The lowest BCUT2D eigenvalue weighted by molar-refractivity contribution is 0.101. The van der Waals surface area contributed by atoms with Crippen molar-refractivity contribution in [3.05, 3.63) is 24.2 Å². The van der Waals surface area contributed by atoms with E-state index in [0.717, 1.165) is 5.76 Å². The lowest BCUT2D eigenvalue weighted by Crippen LogP contribution is -2.25. The zero-order chi connectivity index (χ0) is 8.77. The fourth-order valence-electron chi connectivity index (χ4n) is 1.19. The third kappa shape index (κ3) is 1.26. The van der Waals surface area contributed by atoms with Crippen molar-refractivity contribution in [3.8, 4) is 0 Å². The van der Waals surface area contributed by atoms with Gasteiger partial charge in [-0.15, -0.1) is 5.06 Å². The van der Waals surface area contributed by atoms with E-state index in [2.05, 4.69) is 20.8 Å². The molecule has 1 aromatic rings. The Morgan fingerprint density at radius 1 is 1.42 bits per heavy atom. The van der Waals surface area contributed by atoms with E-state index >= 15 is 0 Å². The molecule has 66 valence electrons. The van der Waals surface area contributed by atoms with E-state index in [1.54, 1.807) is 6.26 Å². The summed E-state index contributed by atoms with van der Waals surface area (Å²) < 4.78 is 5.22. The summed E-state index contributed by atoms with van der Waals surface area (Å²) >= 11 is 0. The molecule has 2 unspecified atom stereocenters. The highest BCUT2D eigenvalue weighted by molar-refractivity contribution is 5.05. The molecule has 1 aliphatic heterocycles. The van der Waals surface area contributed by atoms with Gasteiger partial charge in [0.15, 0.2) is 5.76 Å². The van der Waals surface area contributed by atoms with Gasteiger partial charge in [0.1, 0.15) is 0 Å². The summed E-state index contributed by atoms with van der Waals surface area (Å²) in [6.45, 7) is 6.32. The van der Waals surface area contributed by atoms with Crippen molar-refractivity contribution < 1.29 is 9.25 Å². The molecule has 3 nitrogen and oxygen atoms in total. The Balaban J connectivity index is 2.06. The smallest absolute Gasteiger partial charge is 0.212 e. The average molecular weight is 167 g/mol. The van der Waals surface area contributed by atoms with Gasteiger partial charge in [0.05, 0.1) is 6.26 Å². The summed E-state index contributed by atoms with van der Waals surface area (Å²) in [6.07, 6.45) is 1.69. The standard InChI is InChI=1S/C9H13NO2/c1-9(2,3)10-8(12-10)7-5-4-6-11-7/h4-6,8H,1-3H3. The second-order valence-corrected chi connectivity index (χ2v) is 3.97. The SMILES string of the molecule is CC(C)(C)N1OC1c1ccco1. The number of furan rings is 1. The number of hydrogen-bond acceptors (Lipinski definition) is 3. The largest absolute Gasteiger partial charge is 0.465 e. The minimum Gasteiger partial charge on any atom is -0.465 e. The zero-order valence-corrected chi connectivity index (χ0v) is 7.57. The van der Waals surface area contributed by atoms with Gasteiger partial charge in [-0.2, -0.15) is 0 Å². The molecule has 3 heteroatoms. The predicted molar refractivity (Wildman–Crippen MR) is 44.1 cm³/mol. The molecule has 0 radical (unpaired) electrons. The van der Waals surface area contributed by atoms with Gasteiger partial charge in [0, 0.05) is 5.54 Å². The number of hydroxylamine groups is 2. The highest BCUT2D eigenvalue weighted by atomic mass is 16.8. The first-order valence-corrected chi connectivity index (χ1v) is 4.08. The summed E-state index contributed by atoms with van der Waals surface area (Å²) in [5, 5.41) is 1.92. The second-order valence-electron chi connectivity index (χ2n) is 3.97. The highest BCUT2D eigenvalue weighted by Gasteiger charge is 2.47. The Kier molecular flexibility index (Phi) is 1.53. The minimum absolute atomic E-state index is 0.0278. The number of rotatable bonds is 1. The van der Waals surface area contributed by atoms with Crippen molar-refractivity contribution in [2.24, 2.45) is 0 Å².